The number of rotatable bonds is 5. The normalized spacial score (nSPS) is 12.4. The molecule has 1 unspecified atom stereocenters. The topological polar surface area (TPSA) is 52.3 Å². The summed E-state index contributed by atoms with van der Waals surface area (Å²) in [7, 11) is 0. The van der Waals surface area contributed by atoms with E-state index < -0.39 is 6.04 Å². The largest absolute Gasteiger partial charge is 0.464 e. The van der Waals surface area contributed by atoms with Gasteiger partial charge in [-0.2, -0.15) is 12.6 Å². The molecule has 3 nitrogen and oxygen atoms in total. The van der Waals surface area contributed by atoms with Crippen LogP contribution in [0.2, 0.25) is 0 Å². The van der Waals surface area contributed by atoms with Gasteiger partial charge in [0.2, 0.25) is 0 Å². The average Bonchev–Trinajstić information content (AvgIpc) is 2.69. The SMILES string of the molecule is NC(CS)C(=O)OCCc1cccs1. The molecular formula is C9H13NO2S2. The molecule has 2 N–H and O–H groups in total. The molecule has 0 aliphatic rings. The van der Waals surface area contributed by atoms with Crippen LogP contribution in [0.1, 0.15) is 4.88 Å². The molecule has 0 amide bonds. The molecule has 1 atom stereocenters. The second-order valence-corrected chi connectivity index (χ2v) is 4.18. The van der Waals surface area contributed by atoms with Crippen LogP contribution in [0.3, 0.4) is 0 Å². The molecule has 0 saturated carbocycles. The molecule has 1 rings (SSSR count). The van der Waals surface area contributed by atoms with Gasteiger partial charge in [-0.25, -0.2) is 0 Å². The van der Waals surface area contributed by atoms with E-state index in [1.807, 2.05) is 17.5 Å². The Hall–Kier alpha value is -0.520. The third kappa shape index (κ3) is 3.69. The van der Waals surface area contributed by atoms with Crippen LogP contribution in [0, 0.1) is 0 Å². The predicted molar refractivity (Wildman–Crippen MR) is 60.8 cm³/mol. The van der Waals surface area contributed by atoms with Crippen LogP contribution < -0.4 is 5.73 Å². The number of nitrogens with two attached hydrogens (primary N) is 1. The van der Waals surface area contributed by atoms with Gasteiger partial charge in [-0.15, -0.1) is 11.3 Å². The summed E-state index contributed by atoms with van der Waals surface area (Å²) >= 11 is 5.56. The monoisotopic (exact) mass is 231 g/mol. The van der Waals surface area contributed by atoms with Gasteiger partial charge in [0.1, 0.15) is 6.04 Å². The number of carbonyl (C=O) groups excluding carboxylic acids is 1. The van der Waals surface area contributed by atoms with Crippen molar-refractivity contribution in [1.29, 1.82) is 0 Å². The van der Waals surface area contributed by atoms with Gasteiger partial charge in [0.15, 0.2) is 0 Å². The Bertz CT molecular complexity index is 274. The van der Waals surface area contributed by atoms with Crippen LogP contribution in [-0.4, -0.2) is 24.4 Å². The summed E-state index contributed by atoms with van der Waals surface area (Å²) in [5, 5.41) is 2.00. The molecule has 78 valence electrons. The highest BCUT2D eigenvalue weighted by molar-refractivity contribution is 7.80. The van der Waals surface area contributed by atoms with E-state index in [0.29, 0.717) is 12.4 Å². The highest BCUT2D eigenvalue weighted by Gasteiger charge is 2.12. The first-order chi connectivity index (χ1) is 6.74. The van der Waals surface area contributed by atoms with Crippen molar-refractivity contribution in [3.63, 3.8) is 0 Å². The molecule has 14 heavy (non-hydrogen) atoms. The lowest BCUT2D eigenvalue weighted by Crippen LogP contribution is -2.34. The van der Waals surface area contributed by atoms with E-state index in [2.05, 4.69) is 12.6 Å². The van der Waals surface area contributed by atoms with Crippen molar-refractivity contribution >= 4 is 29.9 Å². The highest BCUT2D eigenvalue weighted by Crippen LogP contribution is 2.08. The fraction of sp³-hybridized carbons (Fsp3) is 0.444. The second kappa shape index (κ2) is 6.06. The molecule has 5 heteroatoms. The van der Waals surface area contributed by atoms with Crippen molar-refractivity contribution in [2.24, 2.45) is 5.73 Å². The smallest absolute Gasteiger partial charge is 0.323 e. The fourth-order valence-corrected chi connectivity index (χ4v) is 1.73. The van der Waals surface area contributed by atoms with Crippen LogP contribution in [0.5, 0.6) is 0 Å². The van der Waals surface area contributed by atoms with Crippen molar-refractivity contribution in [2.45, 2.75) is 12.5 Å². The second-order valence-electron chi connectivity index (χ2n) is 2.79. The van der Waals surface area contributed by atoms with E-state index in [1.165, 1.54) is 4.88 Å². The van der Waals surface area contributed by atoms with Crippen LogP contribution in [0.4, 0.5) is 0 Å². The first kappa shape index (κ1) is 11.6. The van der Waals surface area contributed by atoms with Crippen molar-refractivity contribution < 1.29 is 9.53 Å². The van der Waals surface area contributed by atoms with Crippen molar-refractivity contribution in [1.82, 2.24) is 0 Å². The van der Waals surface area contributed by atoms with Crippen molar-refractivity contribution in [2.75, 3.05) is 12.4 Å². The van der Waals surface area contributed by atoms with E-state index in [4.69, 9.17) is 10.5 Å². The molecular weight excluding hydrogens is 218 g/mol. The summed E-state index contributed by atoms with van der Waals surface area (Å²) in [5.41, 5.74) is 5.43. The lowest BCUT2D eigenvalue weighted by molar-refractivity contribution is -0.144. The summed E-state index contributed by atoms with van der Waals surface area (Å²) in [5.74, 6) is -0.0609. The Morgan fingerprint density at radius 2 is 2.50 bits per heavy atom. The Balaban J connectivity index is 2.18. The maximum absolute atomic E-state index is 11.1. The third-order valence-electron chi connectivity index (χ3n) is 1.67. The van der Waals surface area contributed by atoms with Crippen LogP contribution in [0.15, 0.2) is 17.5 Å². The van der Waals surface area contributed by atoms with Crippen molar-refractivity contribution in [3.05, 3.63) is 22.4 Å². The van der Waals surface area contributed by atoms with Crippen molar-refractivity contribution in [3.8, 4) is 0 Å². The van der Waals surface area contributed by atoms with Gasteiger partial charge in [0.05, 0.1) is 6.61 Å². The third-order valence-corrected chi connectivity index (χ3v) is 3.00. The Morgan fingerprint density at radius 1 is 1.71 bits per heavy atom. The molecule has 1 heterocycles. The van der Waals surface area contributed by atoms with Gasteiger partial charge < -0.3 is 10.5 Å². The van der Waals surface area contributed by atoms with Crippen LogP contribution in [0.25, 0.3) is 0 Å². The Morgan fingerprint density at radius 3 is 3.07 bits per heavy atom. The zero-order chi connectivity index (χ0) is 10.4. The Labute approximate surface area is 92.7 Å². The molecule has 1 aromatic rings. The maximum atomic E-state index is 11.1. The van der Waals surface area contributed by atoms with Gasteiger partial charge >= 0.3 is 5.97 Å². The van der Waals surface area contributed by atoms with E-state index in [1.54, 1.807) is 11.3 Å². The minimum atomic E-state index is -0.610. The molecule has 0 bridgehead atoms. The number of thiophene rings is 1. The zero-order valence-electron chi connectivity index (χ0n) is 7.68. The number of ether oxygens (including phenoxy) is 1. The lowest BCUT2D eigenvalue weighted by atomic mass is 10.3. The number of esters is 1. The van der Waals surface area contributed by atoms with E-state index in [-0.39, 0.29) is 5.97 Å². The lowest BCUT2D eigenvalue weighted by Gasteiger charge is -2.07. The molecule has 0 saturated heterocycles. The number of hydrogen-bond acceptors (Lipinski definition) is 5. The van der Waals surface area contributed by atoms with E-state index in [9.17, 15) is 4.79 Å². The maximum Gasteiger partial charge on any atom is 0.323 e. The van der Waals surface area contributed by atoms with Gasteiger partial charge in [0.25, 0.3) is 0 Å². The summed E-state index contributed by atoms with van der Waals surface area (Å²) in [6.07, 6.45) is 0.753. The van der Waals surface area contributed by atoms with Gasteiger partial charge in [-0.05, 0) is 11.4 Å². The summed E-state index contributed by atoms with van der Waals surface area (Å²) in [4.78, 5) is 12.3. The first-order valence-electron chi connectivity index (χ1n) is 4.29. The number of carbonyl (C=O) groups is 1. The fourth-order valence-electron chi connectivity index (χ4n) is 0.889. The Kier molecular flexibility index (Phi) is 5.00. The number of thiol groups is 1. The van der Waals surface area contributed by atoms with E-state index >= 15 is 0 Å². The summed E-state index contributed by atoms with van der Waals surface area (Å²) in [6.45, 7) is 0.390. The molecule has 0 radical (unpaired) electrons. The minimum Gasteiger partial charge on any atom is -0.464 e. The predicted octanol–water partition coefficient (Wildman–Crippen LogP) is 1.09. The van der Waals surface area contributed by atoms with Gasteiger partial charge in [-0.1, -0.05) is 6.07 Å². The molecule has 0 aliphatic carbocycles. The zero-order valence-corrected chi connectivity index (χ0v) is 9.39. The average molecular weight is 231 g/mol. The highest BCUT2D eigenvalue weighted by atomic mass is 32.1. The molecule has 0 aromatic carbocycles. The number of hydrogen-bond donors (Lipinski definition) is 2. The van der Waals surface area contributed by atoms with E-state index in [0.717, 1.165) is 6.42 Å². The van der Waals surface area contributed by atoms with Crippen LogP contribution in [-0.2, 0) is 16.0 Å². The molecule has 0 spiro atoms. The molecule has 0 aliphatic heterocycles. The van der Waals surface area contributed by atoms with Crippen LogP contribution >= 0.6 is 24.0 Å². The van der Waals surface area contributed by atoms with Gasteiger partial charge in [0, 0.05) is 17.1 Å². The standard InChI is InChI=1S/C9H13NO2S2/c10-8(6-13)9(11)12-4-3-7-2-1-5-14-7/h1-2,5,8,13H,3-4,6,10H2. The molecule has 1 aromatic heterocycles. The summed E-state index contributed by atoms with van der Waals surface area (Å²) < 4.78 is 4.96. The quantitative estimate of drug-likeness (QED) is 0.589. The first-order valence-corrected chi connectivity index (χ1v) is 5.80. The summed E-state index contributed by atoms with van der Waals surface area (Å²) in [6, 6.07) is 3.37. The molecule has 0 fully saturated rings. The van der Waals surface area contributed by atoms with Gasteiger partial charge in [-0.3, -0.25) is 4.79 Å². The minimum absolute atomic E-state index is 0.317.